The van der Waals surface area contributed by atoms with Crippen molar-refractivity contribution in [1.29, 1.82) is 0 Å². The molecule has 1 heterocycles. The lowest BCUT2D eigenvalue weighted by Crippen LogP contribution is -2.00. The van der Waals surface area contributed by atoms with Gasteiger partial charge in [-0.2, -0.15) is 0 Å². The van der Waals surface area contributed by atoms with Crippen molar-refractivity contribution in [3.05, 3.63) is 70.4 Å². The van der Waals surface area contributed by atoms with Crippen molar-refractivity contribution in [1.82, 2.24) is 4.98 Å². The molecule has 3 rings (SSSR count). The number of halogens is 1. The quantitative estimate of drug-likeness (QED) is 0.699. The van der Waals surface area contributed by atoms with E-state index < -0.39 is 0 Å². The number of rotatable bonds is 3. The minimum atomic E-state index is 0.0289. The van der Waals surface area contributed by atoms with Gasteiger partial charge in [0.1, 0.15) is 0 Å². The minimum absolute atomic E-state index is 0.0289. The van der Waals surface area contributed by atoms with Gasteiger partial charge in [0.15, 0.2) is 5.78 Å². The fourth-order valence-corrected chi connectivity index (χ4v) is 2.51. The molecule has 0 aliphatic carbocycles. The molecule has 100 valence electrons. The number of carbonyl (C=O) groups is 1. The van der Waals surface area contributed by atoms with E-state index in [9.17, 15) is 4.79 Å². The zero-order valence-corrected chi connectivity index (χ0v) is 11.9. The average molecular weight is 284 g/mol. The van der Waals surface area contributed by atoms with E-state index in [-0.39, 0.29) is 5.78 Å². The molecule has 0 saturated heterocycles. The first-order valence-corrected chi connectivity index (χ1v) is 6.97. The number of H-pyrrole nitrogens is 1. The Bertz CT molecular complexity index is 771. The smallest absolute Gasteiger partial charge is 0.195 e. The van der Waals surface area contributed by atoms with Gasteiger partial charge < -0.3 is 4.98 Å². The molecular weight excluding hydrogens is 270 g/mol. The molecule has 20 heavy (non-hydrogen) atoms. The Morgan fingerprint density at radius 1 is 1.15 bits per heavy atom. The van der Waals surface area contributed by atoms with Crippen LogP contribution in [0, 0.1) is 0 Å². The molecule has 0 unspecified atom stereocenters. The molecule has 0 amide bonds. The van der Waals surface area contributed by atoms with Crippen LogP contribution in [0.1, 0.15) is 28.4 Å². The third kappa shape index (κ3) is 2.23. The van der Waals surface area contributed by atoms with Crippen molar-refractivity contribution >= 4 is 28.3 Å². The van der Waals surface area contributed by atoms with Crippen LogP contribution in [-0.4, -0.2) is 10.8 Å². The maximum Gasteiger partial charge on any atom is 0.195 e. The lowest BCUT2D eigenvalue weighted by atomic mass is 10.0. The Kier molecular flexibility index (Phi) is 3.33. The predicted molar refractivity (Wildman–Crippen MR) is 82.6 cm³/mol. The van der Waals surface area contributed by atoms with Gasteiger partial charge in [-0.05, 0) is 24.1 Å². The Balaban J connectivity index is 2.03. The molecule has 0 fully saturated rings. The lowest BCUT2D eigenvalue weighted by Gasteiger charge is -2.02. The van der Waals surface area contributed by atoms with E-state index in [0.717, 1.165) is 17.3 Å². The van der Waals surface area contributed by atoms with Crippen LogP contribution in [0.5, 0.6) is 0 Å². The second kappa shape index (κ2) is 5.14. The summed E-state index contributed by atoms with van der Waals surface area (Å²) in [4.78, 5) is 15.6. The second-order valence-electron chi connectivity index (χ2n) is 4.77. The first-order valence-electron chi connectivity index (χ1n) is 6.59. The number of hydrogen-bond acceptors (Lipinski definition) is 1. The van der Waals surface area contributed by atoms with E-state index in [1.165, 1.54) is 5.56 Å². The van der Waals surface area contributed by atoms with Crippen molar-refractivity contribution in [2.75, 3.05) is 0 Å². The SMILES string of the molecule is CCc1ccc(C(=O)c2c[nH]c3cc(Cl)ccc23)cc1. The monoisotopic (exact) mass is 283 g/mol. The molecule has 0 aliphatic heterocycles. The number of nitrogens with one attached hydrogen (secondary N) is 1. The summed E-state index contributed by atoms with van der Waals surface area (Å²) in [5, 5.41) is 1.56. The highest BCUT2D eigenvalue weighted by atomic mass is 35.5. The first kappa shape index (κ1) is 12.9. The summed E-state index contributed by atoms with van der Waals surface area (Å²) >= 11 is 5.95. The summed E-state index contributed by atoms with van der Waals surface area (Å²) in [6.07, 6.45) is 2.72. The summed E-state index contributed by atoms with van der Waals surface area (Å²) in [7, 11) is 0. The zero-order valence-electron chi connectivity index (χ0n) is 11.1. The Hall–Kier alpha value is -2.06. The number of ketones is 1. The number of aromatic amines is 1. The van der Waals surface area contributed by atoms with Gasteiger partial charge in [-0.3, -0.25) is 4.79 Å². The van der Waals surface area contributed by atoms with Crippen molar-refractivity contribution in [2.24, 2.45) is 0 Å². The second-order valence-corrected chi connectivity index (χ2v) is 5.21. The first-order chi connectivity index (χ1) is 9.69. The van der Waals surface area contributed by atoms with Gasteiger partial charge in [0.05, 0.1) is 0 Å². The summed E-state index contributed by atoms with van der Waals surface area (Å²) < 4.78 is 0. The van der Waals surface area contributed by atoms with E-state index in [1.54, 1.807) is 12.3 Å². The highest BCUT2D eigenvalue weighted by molar-refractivity contribution is 6.31. The third-order valence-electron chi connectivity index (χ3n) is 3.51. The predicted octanol–water partition coefficient (Wildman–Crippen LogP) is 4.61. The molecule has 1 N–H and O–H groups in total. The van der Waals surface area contributed by atoms with Crippen LogP contribution in [0.15, 0.2) is 48.7 Å². The van der Waals surface area contributed by atoms with Gasteiger partial charge in [0, 0.05) is 33.2 Å². The Labute approximate surface area is 122 Å². The Morgan fingerprint density at radius 2 is 1.90 bits per heavy atom. The molecule has 2 aromatic carbocycles. The lowest BCUT2D eigenvalue weighted by molar-refractivity contribution is 0.104. The van der Waals surface area contributed by atoms with Gasteiger partial charge in [0.2, 0.25) is 0 Å². The third-order valence-corrected chi connectivity index (χ3v) is 3.75. The largest absolute Gasteiger partial charge is 0.360 e. The van der Waals surface area contributed by atoms with Gasteiger partial charge in [0.25, 0.3) is 0 Å². The molecule has 3 heteroatoms. The fraction of sp³-hybridized carbons (Fsp3) is 0.118. The van der Waals surface area contributed by atoms with Crippen molar-refractivity contribution in [2.45, 2.75) is 13.3 Å². The molecule has 0 radical (unpaired) electrons. The highest BCUT2D eigenvalue weighted by Crippen LogP contribution is 2.24. The van der Waals surface area contributed by atoms with Crippen LogP contribution in [0.2, 0.25) is 5.02 Å². The molecular formula is C17H14ClNO. The minimum Gasteiger partial charge on any atom is -0.360 e. The van der Waals surface area contributed by atoms with Crippen molar-refractivity contribution in [3.8, 4) is 0 Å². The summed E-state index contributed by atoms with van der Waals surface area (Å²) in [5.41, 5.74) is 3.50. The van der Waals surface area contributed by atoms with Gasteiger partial charge in [-0.15, -0.1) is 0 Å². The summed E-state index contributed by atoms with van der Waals surface area (Å²) in [6, 6.07) is 13.3. The molecule has 2 nitrogen and oxygen atoms in total. The van der Waals surface area contributed by atoms with Gasteiger partial charge >= 0.3 is 0 Å². The number of aryl methyl sites for hydroxylation is 1. The van der Waals surface area contributed by atoms with Crippen LogP contribution in [0.4, 0.5) is 0 Å². The number of hydrogen-bond donors (Lipinski definition) is 1. The standard InChI is InChI=1S/C17H14ClNO/c1-2-11-3-5-12(6-4-11)17(20)15-10-19-16-9-13(18)7-8-14(15)16/h3-10,19H,2H2,1H3. The Morgan fingerprint density at radius 3 is 2.60 bits per heavy atom. The molecule has 0 spiro atoms. The topological polar surface area (TPSA) is 32.9 Å². The zero-order chi connectivity index (χ0) is 14.1. The van der Waals surface area contributed by atoms with Crippen LogP contribution in [0.3, 0.4) is 0 Å². The number of aromatic nitrogens is 1. The normalized spacial score (nSPS) is 10.9. The van der Waals surface area contributed by atoms with E-state index in [0.29, 0.717) is 16.1 Å². The summed E-state index contributed by atoms with van der Waals surface area (Å²) in [6.45, 7) is 2.10. The van der Waals surface area contributed by atoms with E-state index in [2.05, 4.69) is 11.9 Å². The number of benzene rings is 2. The average Bonchev–Trinajstić information content (AvgIpc) is 2.89. The maximum atomic E-state index is 12.6. The van der Waals surface area contributed by atoms with Crippen LogP contribution in [0.25, 0.3) is 10.9 Å². The molecule has 0 bridgehead atoms. The van der Waals surface area contributed by atoms with Crippen molar-refractivity contribution in [3.63, 3.8) is 0 Å². The molecule has 1 aromatic heterocycles. The highest BCUT2D eigenvalue weighted by Gasteiger charge is 2.14. The molecule has 0 aliphatic rings. The molecule has 0 atom stereocenters. The molecule has 0 saturated carbocycles. The molecule has 3 aromatic rings. The number of carbonyl (C=O) groups excluding carboxylic acids is 1. The fourth-order valence-electron chi connectivity index (χ4n) is 2.33. The number of fused-ring (bicyclic) bond motifs is 1. The van der Waals surface area contributed by atoms with Crippen LogP contribution in [-0.2, 0) is 6.42 Å². The van der Waals surface area contributed by atoms with Crippen LogP contribution < -0.4 is 0 Å². The van der Waals surface area contributed by atoms with Gasteiger partial charge in [-0.25, -0.2) is 0 Å². The maximum absolute atomic E-state index is 12.6. The van der Waals surface area contributed by atoms with Crippen molar-refractivity contribution < 1.29 is 4.79 Å². The van der Waals surface area contributed by atoms with Gasteiger partial charge in [-0.1, -0.05) is 48.9 Å². The van der Waals surface area contributed by atoms with E-state index in [1.807, 2.05) is 36.4 Å². The summed E-state index contributed by atoms with van der Waals surface area (Å²) in [5.74, 6) is 0.0289. The van der Waals surface area contributed by atoms with Crippen LogP contribution >= 0.6 is 11.6 Å². The van der Waals surface area contributed by atoms with E-state index in [4.69, 9.17) is 11.6 Å². The van der Waals surface area contributed by atoms with E-state index >= 15 is 0 Å².